The zero-order valence-corrected chi connectivity index (χ0v) is 40.6. The van der Waals surface area contributed by atoms with Gasteiger partial charge in [0.05, 0.1) is 13.2 Å². The van der Waals surface area contributed by atoms with Gasteiger partial charge in [-0.1, -0.05) is 20.8 Å². The zero-order chi connectivity index (χ0) is 48.8. The minimum Gasteiger partial charge on any atom is -0.456 e. The maximum absolute atomic E-state index is 15.6. The van der Waals surface area contributed by atoms with Gasteiger partial charge in [0.15, 0.2) is 17.7 Å². The Balaban J connectivity index is 0.950. The molecule has 2 spiro atoms. The average molecular weight is 982 g/mol. The number of rotatable bonds is 22. The minimum atomic E-state index is -4.96. The van der Waals surface area contributed by atoms with E-state index >= 15 is 26.3 Å². The van der Waals surface area contributed by atoms with Gasteiger partial charge in [0.1, 0.15) is 5.60 Å². The third-order valence-electron chi connectivity index (χ3n) is 16.9. The lowest BCUT2D eigenvalue weighted by atomic mass is 9.57. The summed E-state index contributed by atoms with van der Waals surface area (Å²) in [6, 6.07) is 0. The molecule has 5 N–H and O–H groups in total. The molecule has 14 nitrogen and oxygen atoms in total. The summed E-state index contributed by atoms with van der Waals surface area (Å²) in [5.74, 6) is -9.38. The summed E-state index contributed by atoms with van der Waals surface area (Å²) in [7, 11) is 0. The molecule has 20 heteroatoms. The van der Waals surface area contributed by atoms with Crippen LogP contribution in [0.25, 0.3) is 0 Å². The molecule has 14 atom stereocenters. The van der Waals surface area contributed by atoms with Crippen molar-refractivity contribution in [1.82, 2.24) is 20.9 Å². The van der Waals surface area contributed by atoms with E-state index in [-0.39, 0.29) is 74.2 Å². The Bertz CT molecular complexity index is 1780. The topological polar surface area (TPSA) is 156 Å². The van der Waals surface area contributed by atoms with Crippen LogP contribution in [-0.4, -0.2) is 130 Å². The first-order valence-corrected chi connectivity index (χ1v) is 25.6. The van der Waals surface area contributed by atoms with Crippen LogP contribution < -0.4 is 21.7 Å². The molecule has 390 valence electrons. The summed E-state index contributed by atoms with van der Waals surface area (Å²) >= 11 is 0. The van der Waals surface area contributed by atoms with E-state index in [0.717, 1.165) is 38.9 Å². The molecule has 2 saturated carbocycles. The molecule has 7 aliphatic heterocycles. The normalized spacial score (nSPS) is 40.8. The van der Waals surface area contributed by atoms with Crippen molar-refractivity contribution in [2.75, 3.05) is 65.5 Å². The number of hydrogen-bond donors (Lipinski definition) is 4. The Kier molecular flexibility index (Phi) is 15.9. The van der Waals surface area contributed by atoms with E-state index in [4.69, 9.17) is 43.9 Å². The molecule has 6 saturated heterocycles. The minimum absolute atomic E-state index is 0.00955. The third kappa shape index (κ3) is 9.97. The number of carbonyl (C=O) groups excluding carboxylic acids is 1. The first-order valence-electron chi connectivity index (χ1n) is 25.6. The van der Waals surface area contributed by atoms with Gasteiger partial charge in [-0.05, 0) is 159 Å². The van der Waals surface area contributed by atoms with E-state index < -0.39 is 77.0 Å². The monoisotopic (exact) mass is 982 g/mol. The van der Waals surface area contributed by atoms with Crippen LogP contribution in [0.4, 0.5) is 26.3 Å². The quantitative estimate of drug-likeness (QED) is 0.0493. The third-order valence-corrected chi connectivity index (χ3v) is 16.9. The molecule has 2 aliphatic carbocycles. The van der Waals surface area contributed by atoms with Crippen molar-refractivity contribution >= 4 is 5.91 Å². The SMILES string of the molecule is C[C@@H]1CCC2C(CN(CCCCO[C@@]3(C(F)(F)F)O[C@@H]4O[C@]5(C)CCC6[C@H](C)CC[C@@H]([C@H]3C)[C@]64OO5)CC(=O)NCCCNCCCCNCCCN)=C(C(F)(F)F)O[C@@H]3O[C@]4(C)CCC1[C@@]23O4. The number of unbranched alkanes of at least 4 members (excludes halogenated alkanes) is 2. The van der Waals surface area contributed by atoms with E-state index in [1.54, 1.807) is 18.7 Å². The highest BCUT2D eigenvalue weighted by molar-refractivity contribution is 5.78. The van der Waals surface area contributed by atoms with Crippen molar-refractivity contribution in [1.29, 1.82) is 0 Å². The first-order chi connectivity index (χ1) is 32.2. The standard InChI is InChI=1S/C48H77F6N5O9/c1-30-13-15-37-33(39(47(49,50)51)62-40-44(37)34(30)16-18-42(4,63-40)66-44)28-59(29-38(60)58-25-11-24-57-22-7-6-21-56-23-10-20-55)26-8-9-27-61-46(48(52,53)54)32(3)36-14-12-31(2)35-17-19-43(5)64-41(65-46)45(35,36)68-67-43/h30-32,34-37,40-41,56-57H,6-29,55H2,1-5H3,(H,58,60)/t30-,31-,32-,34?,35?,36+,37?,40-,41+,42+,43+,44-,45-,46-/m1/s1. The van der Waals surface area contributed by atoms with Crippen molar-refractivity contribution < 1.29 is 69.3 Å². The lowest BCUT2D eigenvalue weighted by Gasteiger charge is -2.62. The summed E-state index contributed by atoms with van der Waals surface area (Å²) in [6.07, 6.45) is -4.01. The van der Waals surface area contributed by atoms with Gasteiger partial charge in [0.2, 0.25) is 23.7 Å². The van der Waals surface area contributed by atoms with Gasteiger partial charge in [-0.15, -0.1) is 0 Å². The predicted molar refractivity (Wildman–Crippen MR) is 236 cm³/mol. The summed E-state index contributed by atoms with van der Waals surface area (Å²) in [4.78, 5) is 27.2. The number of nitrogens with two attached hydrogens (primary N) is 1. The second kappa shape index (κ2) is 20.6. The second-order valence-corrected chi connectivity index (χ2v) is 21.6. The van der Waals surface area contributed by atoms with Gasteiger partial charge in [-0.3, -0.25) is 9.69 Å². The zero-order valence-electron chi connectivity index (χ0n) is 40.6. The molecule has 9 rings (SSSR count). The van der Waals surface area contributed by atoms with Crippen LogP contribution in [0.1, 0.15) is 125 Å². The van der Waals surface area contributed by atoms with Crippen LogP contribution in [0.2, 0.25) is 0 Å². The molecule has 0 radical (unpaired) electrons. The number of fused-ring (bicyclic) bond motifs is 3. The van der Waals surface area contributed by atoms with Gasteiger partial charge in [-0.25, -0.2) is 9.78 Å². The molecular weight excluding hydrogens is 905 g/mol. The van der Waals surface area contributed by atoms with Gasteiger partial charge in [0, 0.05) is 43.7 Å². The van der Waals surface area contributed by atoms with Crippen molar-refractivity contribution in [2.45, 2.75) is 178 Å². The Morgan fingerprint density at radius 3 is 2.07 bits per heavy atom. The van der Waals surface area contributed by atoms with Crippen molar-refractivity contribution in [3.63, 3.8) is 0 Å². The number of alkyl halides is 6. The Morgan fingerprint density at radius 1 is 0.735 bits per heavy atom. The van der Waals surface area contributed by atoms with Crippen LogP contribution in [0.5, 0.6) is 0 Å². The lowest BCUT2D eigenvalue weighted by molar-refractivity contribution is -0.598. The summed E-state index contributed by atoms with van der Waals surface area (Å²) in [5.41, 5.74) is 3.18. The molecule has 3 unspecified atom stereocenters. The Hall–Kier alpha value is -1.85. The summed E-state index contributed by atoms with van der Waals surface area (Å²) < 4.78 is 129. The smallest absolute Gasteiger partial charge is 0.449 e. The fourth-order valence-corrected chi connectivity index (χ4v) is 13.5. The molecule has 1 amide bonds. The first kappa shape index (κ1) is 52.5. The maximum atomic E-state index is 15.6. The highest BCUT2D eigenvalue weighted by Crippen LogP contribution is 2.66. The highest BCUT2D eigenvalue weighted by Gasteiger charge is 2.77. The van der Waals surface area contributed by atoms with Crippen LogP contribution in [0.15, 0.2) is 11.3 Å². The molecule has 8 fully saturated rings. The molecule has 0 aromatic rings. The Morgan fingerprint density at radius 2 is 1.38 bits per heavy atom. The van der Waals surface area contributed by atoms with Gasteiger partial charge < -0.3 is 50.1 Å². The average Bonchev–Trinajstić information content (AvgIpc) is 3.33. The number of nitrogens with zero attached hydrogens (tertiary/aromatic N) is 1. The van der Waals surface area contributed by atoms with E-state index in [1.165, 1.54) is 6.92 Å². The number of hydrogen-bond acceptors (Lipinski definition) is 13. The molecule has 68 heavy (non-hydrogen) atoms. The van der Waals surface area contributed by atoms with Gasteiger partial charge >= 0.3 is 12.4 Å². The largest absolute Gasteiger partial charge is 0.456 e. The summed E-state index contributed by atoms with van der Waals surface area (Å²) in [6.45, 7) is 12.6. The van der Waals surface area contributed by atoms with Crippen LogP contribution >= 0.6 is 0 Å². The van der Waals surface area contributed by atoms with Crippen molar-refractivity contribution in [3.05, 3.63) is 11.3 Å². The van der Waals surface area contributed by atoms with Crippen molar-refractivity contribution in [3.8, 4) is 0 Å². The van der Waals surface area contributed by atoms with E-state index in [9.17, 15) is 4.79 Å². The highest BCUT2D eigenvalue weighted by atomic mass is 19.4. The van der Waals surface area contributed by atoms with Gasteiger partial charge in [-0.2, -0.15) is 26.3 Å². The molecule has 4 bridgehead atoms. The van der Waals surface area contributed by atoms with Crippen LogP contribution in [-0.2, 0) is 43.0 Å². The number of allylic oxidation sites excluding steroid dienone is 1. The number of carbonyl (C=O) groups is 1. The molecule has 9 aliphatic rings. The predicted octanol–water partition coefficient (Wildman–Crippen LogP) is 7.17. The molecule has 0 aromatic heterocycles. The summed E-state index contributed by atoms with van der Waals surface area (Å²) in [5, 5.41) is 9.67. The number of ether oxygens (including phenoxy) is 6. The number of nitrogens with one attached hydrogen (secondary N) is 3. The lowest BCUT2D eigenvalue weighted by Crippen LogP contribution is -2.76. The van der Waals surface area contributed by atoms with Crippen LogP contribution in [0, 0.1) is 41.4 Å². The van der Waals surface area contributed by atoms with Crippen LogP contribution in [0.3, 0.4) is 0 Å². The molecule has 0 aromatic carbocycles. The fraction of sp³-hybridized carbons (Fsp3) is 0.938. The van der Waals surface area contributed by atoms with E-state index in [1.807, 2.05) is 0 Å². The number of amides is 1. The maximum Gasteiger partial charge on any atom is 0.449 e. The fourth-order valence-electron chi connectivity index (χ4n) is 13.5. The second-order valence-electron chi connectivity index (χ2n) is 21.6. The molecular formula is C48H77F6N5O9. The van der Waals surface area contributed by atoms with E-state index in [2.05, 4.69) is 29.8 Å². The van der Waals surface area contributed by atoms with Gasteiger partial charge in [0.25, 0.3) is 5.79 Å². The van der Waals surface area contributed by atoms with E-state index in [0.29, 0.717) is 77.4 Å². The Labute approximate surface area is 397 Å². The molecule has 7 heterocycles. The number of halogens is 6. The van der Waals surface area contributed by atoms with Crippen molar-refractivity contribution in [2.24, 2.45) is 47.2 Å².